The molecule has 0 aromatic rings. The minimum atomic E-state index is -0.306. The fourth-order valence-electron chi connectivity index (χ4n) is 1.23. The van der Waals surface area contributed by atoms with E-state index in [2.05, 4.69) is 0 Å². The number of ether oxygens (including phenoxy) is 3. The summed E-state index contributed by atoms with van der Waals surface area (Å²) >= 11 is 0. The zero-order valence-corrected chi connectivity index (χ0v) is 10.1. The van der Waals surface area contributed by atoms with E-state index in [1.807, 2.05) is 20.8 Å². The van der Waals surface area contributed by atoms with Crippen LogP contribution in [0.2, 0.25) is 0 Å². The maximum absolute atomic E-state index is 11.4. The summed E-state index contributed by atoms with van der Waals surface area (Å²) in [7, 11) is 0. The number of hydrogen-bond donors (Lipinski definition) is 0. The molecule has 4 heteroatoms. The highest BCUT2D eigenvalue weighted by molar-refractivity contribution is 5.71. The molecule has 15 heavy (non-hydrogen) atoms. The first-order valence-corrected chi connectivity index (χ1v) is 5.55. The summed E-state index contributed by atoms with van der Waals surface area (Å²) in [5, 5.41) is 0. The molecule has 0 aromatic heterocycles. The van der Waals surface area contributed by atoms with Crippen LogP contribution in [0.5, 0.6) is 0 Å². The Balaban J connectivity index is 3.96. The summed E-state index contributed by atoms with van der Waals surface area (Å²) in [6.07, 6.45) is 0.236. The van der Waals surface area contributed by atoms with E-state index in [1.165, 1.54) is 0 Å². The van der Waals surface area contributed by atoms with Gasteiger partial charge in [0.05, 0.1) is 12.5 Å². The molecule has 90 valence electrons. The Morgan fingerprint density at radius 2 is 1.60 bits per heavy atom. The molecule has 0 N–H and O–H groups in total. The smallest absolute Gasteiger partial charge is 0.308 e. The number of rotatable bonds is 8. The van der Waals surface area contributed by atoms with Crippen molar-refractivity contribution in [2.24, 2.45) is 5.92 Å². The van der Waals surface area contributed by atoms with Gasteiger partial charge in [-0.1, -0.05) is 6.92 Å². The van der Waals surface area contributed by atoms with Crippen molar-refractivity contribution in [1.82, 2.24) is 0 Å². The van der Waals surface area contributed by atoms with Crippen molar-refractivity contribution in [1.29, 1.82) is 0 Å². The van der Waals surface area contributed by atoms with Crippen LogP contribution in [0.3, 0.4) is 0 Å². The molecule has 0 spiro atoms. The van der Waals surface area contributed by atoms with Crippen LogP contribution in [0.4, 0.5) is 0 Å². The van der Waals surface area contributed by atoms with Gasteiger partial charge < -0.3 is 14.2 Å². The van der Waals surface area contributed by atoms with Crippen LogP contribution in [0.25, 0.3) is 0 Å². The van der Waals surface area contributed by atoms with Crippen molar-refractivity contribution < 1.29 is 19.0 Å². The Hall–Kier alpha value is -0.610. The van der Waals surface area contributed by atoms with Crippen molar-refractivity contribution in [2.75, 3.05) is 19.8 Å². The Labute approximate surface area is 91.9 Å². The third kappa shape index (κ3) is 6.47. The molecule has 4 nitrogen and oxygen atoms in total. The standard InChI is InChI=1S/C11H22O4/c1-5-13-10(14-6-2)8-9(4)11(12)15-7-3/h9-10H,5-8H2,1-4H3/t9-/m0/s1. The zero-order valence-electron chi connectivity index (χ0n) is 10.1. The number of esters is 1. The molecular formula is C11H22O4. The molecule has 0 rings (SSSR count). The predicted molar refractivity (Wildman–Crippen MR) is 57.5 cm³/mol. The van der Waals surface area contributed by atoms with Gasteiger partial charge in [0.2, 0.25) is 0 Å². The van der Waals surface area contributed by atoms with Crippen molar-refractivity contribution in [3.8, 4) is 0 Å². The van der Waals surface area contributed by atoms with Gasteiger partial charge in [-0.15, -0.1) is 0 Å². The van der Waals surface area contributed by atoms with E-state index < -0.39 is 0 Å². The van der Waals surface area contributed by atoms with Crippen LogP contribution in [-0.2, 0) is 19.0 Å². The minimum Gasteiger partial charge on any atom is -0.466 e. The SMILES string of the molecule is CCOC(=O)[C@@H](C)CC(OCC)OCC. The molecule has 0 heterocycles. The molecule has 0 saturated carbocycles. The van der Waals surface area contributed by atoms with Crippen LogP contribution in [-0.4, -0.2) is 32.1 Å². The van der Waals surface area contributed by atoms with Crippen molar-refractivity contribution in [2.45, 2.75) is 40.4 Å². The molecule has 0 unspecified atom stereocenters. The molecule has 0 amide bonds. The van der Waals surface area contributed by atoms with Crippen molar-refractivity contribution in [3.05, 3.63) is 0 Å². The zero-order chi connectivity index (χ0) is 11.7. The Kier molecular flexibility index (Phi) is 8.33. The molecule has 0 saturated heterocycles. The maximum atomic E-state index is 11.4. The fraction of sp³-hybridized carbons (Fsp3) is 0.909. The second-order valence-corrected chi connectivity index (χ2v) is 3.23. The summed E-state index contributed by atoms with van der Waals surface area (Å²) in [6, 6.07) is 0. The summed E-state index contributed by atoms with van der Waals surface area (Å²) < 4.78 is 15.6. The highest BCUT2D eigenvalue weighted by Gasteiger charge is 2.20. The lowest BCUT2D eigenvalue weighted by atomic mass is 10.1. The molecule has 0 aliphatic rings. The van der Waals surface area contributed by atoms with Gasteiger partial charge in [0.25, 0.3) is 0 Å². The lowest BCUT2D eigenvalue weighted by Gasteiger charge is -2.19. The summed E-state index contributed by atoms with van der Waals surface area (Å²) in [5.74, 6) is -0.380. The molecule has 0 bridgehead atoms. The lowest BCUT2D eigenvalue weighted by molar-refractivity contribution is -0.163. The van der Waals surface area contributed by atoms with Gasteiger partial charge in [0, 0.05) is 19.6 Å². The van der Waals surface area contributed by atoms with E-state index in [4.69, 9.17) is 14.2 Å². The largest absolute Gasteiger partial charge is 0.466 e. The van der Waals surface area contributed by atoms with Crippen LogP contribution < -0.4 is 0 Å². The number of carbonyl (C=O) groups is 1. The van der Waals surface area contributed by atoms with Crippen LogP contribution in [0.15, 0.2) is 0 Å². The molecule has 1 atom stereocenters. The molecule has 0 fully saturated rings. The first kappa shape index (κ1) is 14.4. The van der Waals surface area contributed by atoms with Gasteiger partial charge in [-0.2, -0.15) is 0 Å². The van der Waals surface area contributed by atoms with E-state index >= 15 is 0 Å². The summed E-state index contributed by atoms with van der Waals surface area (Å²) in [6.45, 7) is 9.01. The highest BCUT2D eigenvalue weighted by Crippen LogP contribution is 2.12. The molecular weight excluding hydrogens is 196 g/mol. The topological polar surface area (TPSA) is 44.8 Å². The van der Waals surface area contributed by atoms with Crippen molar-refractivity contribution >= 4 is 5.97 Å². The van der Waals surface area contributed by atoms with E-state index in [1.54, 1.807) is 6.92 Å². The third-order valence-electron chi connectivity index (χ3n) is 1.94. The van der Waals surface area contributed by atoms with Crippen LogP contribution in [0.1, 0.15) is 34.1 Å². The molecule has 0 aliphatic carbocycles. The monoisotopic (exact) mass is 218 g/mol. The quantitative estimate of drug-likeness (QED) is 0.461. The van der Waals surface area contributed by atoms with Gasteiger partial charge >= 0.3 is 5.97 Å². The average molecular weight is 218 g/mol. The van der Waals surface area contributed by atoms with Gasteiger partial charge in [-0.05, 0) is 20.8 Å². The second kappa shape index (κ2) is 8.68. The Morgan fingerprint density at radius 1 is 1.07 bits per heavy atom. The summed E-state index contributed by atoms with van der Waals surface area (Å²) in [5.41, 5.74) is 0. The second-order valence-electron chi connectivity index (χ2n) is 3.23. The average Bonchev–Trinajstić information content (AvgIpc) is 2.18. The normalized spacial score (nSPS) is 12.9. The lowest BCUT2D eigenvalue weighted by Crippen LogP contribution is -2.25. The van der Waals surface area contributed by atoms with Gasteiger partial charge in [0.15, 0.2) is 6.29 Å². The molecule has 0 radical (unpaired) electrons. The third-order valence-corrected chi connectivity index (χ3v) is 1.94. The predicted octanol–water partition coefficient (Wildman–Crippen LogP) is 1.97. The van der Waals surface area contributed by atoms with Crippen LogP contribution in [0, 0.1) is 5.92 Å². The van der Waals surface area contributed by atoms with E-state index in [-0.39, 0.29) is 18.2 Å². The minimum absolute atomic E-state index is 0.187. The van der Waals surface area contributed by atoms with Gasteiger partial charge in [0.1, 0.15) is 0 Å². The highest BCUT2D eigenvalue weighted by atomic mass is 16.7. The first-order chi connectivity index (χ1) is 7.15. The Bertz CT molecular complexity index is 164. The maximum Gasteiger partial charge on any atom is 0.308 e. The van der Waals surface area contributed by atoms with Gasteiger partial charge in [-0.25, -0.2) is 0 Å². The van der Waals surface area contributed by atoms with Crippen molar-refractivity contribution in [3.63, 3.8) is 0 Å². The summed E-state index contributed by atoms with van der Waals surface area (Å²) in [4.78, 5) is 11.4. The molecule has 0 aliphatic heterocycles. The van der Waals surface area contributed by atoms with E-state index in [9.17, 15) is 4.79 Å². The first-order valence-electron chi connectivity index (χ1n) is 5.55. The Morgan fingerprint density at radius 3 is 2.00 bits per heavy atom. The van der Waals surface area contributed by atoms with E-state index in [0.29, 0.717) is 26.2 Å². The van der Waals surface area contributed by atoms with Crippen LogP contribution >= 0.6 is 0 Å². The van der Waals surface area contributed by atoms with E-state index in [0.717, 1.165) is 0 Å². The fourth-order valence-corrected chi connectivity index (χ4v) is 1.23. The number of hydrogen-bond acceptors (Lipinski definition) is 4. The molecule has 0 aromatic carbocycles. The number of carbonyl (C=O) groups excluding carboxylic acids is 1. The van der Waals surface area contributed by atoms with Gasteiger partial charge in [-0.3, -0.25) is 4.79 Å².